The Morgan fingerprint density at radius 3 is 2.02 bits per heavy atom. The summed E-state index contributed by atoms with van der Waals surface area (Å²) in [6.07, 6.45) is -3.34. The Bertz CT molecular complexity index is 1550. The van der Waals surface area contributed by atoms with Gasteiger partial charge in [-0.15, -0.1) is 0 Å². The number of aromatic nitrogens is 2. The third-order valence-corrected chi connectivity index (χ3v) is 7.10. The molecule has 1 aliphatic rings. The van der Waals surface area contributed by atoms with Gasteiger partial charge in [0.1, 0.15) is 11.5 Å². The van der Waals surface area contributed by atoms with E-state index in [1.165, 1.54) is 38.5 Å². The number of H-pyrrole nitrogens is 1. The van der Waals surface area contributed by atoms with Crippen molar-refractivity contribution >= 4 is 34.5 Å². The summed E-state index contributed by atoms with van der Waals surface area (Å²) in [6, 6.07) is 13.1. The van der Waals surface area contributed by atoms with Gasteiger partial charge < -0.3 is 23.7 Å². The van der Waals surface area contributed by atoms with E-state index in [1.54, 1.807) is 24.3 Å². The molecule has 4 rings (SSSR count). The predicted octanol–water partition coefficient (Wildman–Crippen LogP) is 2.98. The van der Waals surface area contributed by atoms with E-state index in [1.807, 2.05) is 22.6 Å². The normalized spacial score (nSPS) is 21.6. The van der Waals surface area contributed by atoms with Crippen molar-refractivity contribution in [2.24, 2.45) is 5.11 Å². The molecule has 2 unspecified atom stereocenters. The minimum atomic E-state index is -1.90. The topological polar surface area (TPSA) is 184 Å². The number of carbonyl (C=O) groups excluding carboxylic acids is 2. The molecule has 1 N–H and O–H groups in total. The molecule has 40 heavy (non-hydrogen) atoms. The second-order valence-corrected chi connectivity index (χ2v) is 9.11. The van der Waals surface area contributed by atoms with Gasteiger partial charge in [-0.1, -0.05) is 27.7 Å². The van der Waals surface area contributed by atoms with Crippen LogP contribution in [0.4, 0.5) is 0 Å². The molecule has 1 fully saturated rings. The number of halogens is 1. The van der Waals surface area contributed by atoms with Gasteiger partial charge >= 0.3 is 17.6 Å². The van der Waals surface area contributed by atoms with Gasteiger partial charge in [-0.05, 0) is 54.1 Å². The summed E-state index contributed by atoms with van der Waals surface area (Å²) < 4.78 is 28.7. The van der Waals surface area contributed by atoms with Crippen LogP contribution in [-0.4, -0.2) is 58.1 Å². The summed E-state index contributed by atoms with van der Waals surface area (Å²) in [7, 11) is 2.94. The van der Waals surface area contributed by atoms with E-state index in [0.717, 1.165) is 16.8 Å². The molecule has 4 atom stereocenters. The number of hydrogen-bond acceptors (Lipinski definition) is 10. The fraction of sp³-hybridized carbons (Fsp3) is 0.280. The smallest absolute Gasteiger partial charge is 0.338 e. The molecule has 208 valence electrons. The number of ether oxygens (including phenoxy) is 5. The van der Waals surface area contributed by atoms with Crippen LogP contribution >= 0.6 is 22.6 Å². The third-order valence-electron chi connectivity index (χ3n) is 6.01. The number of nitrogens with one attached hydrogen (secondary N) is 1. The molecule has 0 spiro atoms. The Morgan fingerprint density at radius 1 is 1.00 bits per heavy atom. The Balaban J connectivity index is 1.79. The summed E-state index contributed by atoms with van der Waals surface area (Å²) in [5.74, 6) is -0.703. The molecule has 2 aromatic carbocycles. The lowest BCUT2D eigenvalue weighted by Gasteiger charge is -2.28. The average molecular weight is 663 g/mol. The largest absolute Gasteiger partial charge is 0.497 e. The monoisotopic (exact) mass is 663 g/mol. The van der Waals surface area contributed by atoms with E-state index < -0.39 is 47.3 Å². The van der Waals surface area contributed by atoms with Gasteiger partial charge in [-0.25, -0.2) is 14.4 Å². The van der Waals surface area contributed by atoms with E-state index in [2.05, 4.69) is 15.0 Å². The molecule has 0 aliphatic carbocycles. The van der Waals surface area contributed by atoms with E-state index >= 15 is 0 Å². The van der Waals surface area contributed by atoms with Gasteiger partial charge in [0.15, 0.2) is 24.2 Å². The summed E-state index contributed by atoms with van der Waals surface area (Å²) in [6.45, 7) is 0. The van der Waals surface area contributed by atoms with Crippen LogP contribution in [0.2, 0.25) is 0 Å². The lowest BCUT2D eigenvalue weighted by atomic mass is 10.1. The number of hydrogen-bond donors (Lipinski definition) is 1. The van der Waals surface area contributed by atoms with Crippen LogP contribution < -0.4 is 20.7 Å². The maximum Gasteiger partial charge on any atom is 0.338 e. The number of azide groups is 1. The van der Waals surface area contributed by atoms with E-state index in [-0.39, 0.29) is 15.6 Å². The number of carbonyl (C=O) groups is 2. The molecule has 0 bridgehead atoms. The molecule has 14 nitrogen and oxygen atoms in total. The zero-order valence-electron chi connectivity index (χ0n) is 21.1. The highest BCUT2D eigenvalue weighted by Crippen LogP contribution is 2.43. The van der Waals surface area contributed by atoms with Crippen LogP contribution in [0.5, 0.6) is 11.5 Å². The summed E-state index contributed by atoms with van der Waals surface area (Å²) in [5, 5.41) is 3.76. The van der Waals surface area contributed by atoms with Gasteiger partial charge in [-0.3, -0.25) is 14.3 Å². The molecule has 1 aromatic heterocycles. The SMILES string of the molecule is COc1ccc(C(=O)OC2C(OC(=O)c3ccc(OC)cc3)[C@@](CI)(N=[N+]=[N-])O[C@@H]2n2ccc(=O)[nH]c2=O)cc1. The summed E-state index contributed by atoms with van der Waals surface area (Å²) >= 11 is 1.86. The van der Waals surface area contributed by atoms with E-state index in [9.17, 15) is 24.7 Å². The highest BCUT2D eigenvalue weighted by atomic mass is 127. The molecule has 1 aliphatic heterocycles. The van der Waals surface area contributed by atoms with Crippen molar-refractivity contribution in [2.75, 3.05) is 18.6 Å². The van der Waals surface area contributed by atoms with Crippen LogP contribution in [0.3, 0.4) is 0 Å². The van der Waals surface area contributed by atoms with Crippen LogP contribution in [0, 0.1) is 0 Å². The van der Waals surface area contributed by atoms with Crippen molar-refractivity contribution in [3.05, 3.63) is 103 Å². The number of alkyl halides is 1. The zero-order chi connectivity index (χ0) is 28.9. The molecular weight excluding hydrogens is 641 g/mol. The van der Waals surface area contributed by atoms with E-state index in [4.69, 9.17) is 23.7 Å². The first-order valence-corrected chi connectivity index (χ1v) is 13.1. The fourth-order valence-electron chi connectivity index (χ4n) is 3.99. The second kappa shape index (κ2) is 12.2. The first-order valence-electron chi connectivity index (χ1n) is 11.6. The summed E-state index contributed by atoms with van der Waals surface area (Å²) in [5.41, 5.74) is 6.14. The number of benzene rings is 2. The van der Waals surface area contributed by atoms with Crippen molar-refractivity contribution in [3.8, 4) is 11.5 Å². The van der Waals surface area contributed by atoms with Gasteiger partial charge in [0, 0.05) is 21.6 Å². The van der Waals surface area contributed by atoms with E-state index in [0.29, 0.717) is 11.5 Å². The molecule has 2 heterocycles. The van der Waals surface area contributed by atoms with Gasteiger partial charge in [0.25, 0.3) is 5.56 Å². The van der Waals surface area contributed by atoms with Gasteiger partial charge in [0.05, 0.1) is 25.3 Å². The Morgan fingerprint density at radius 2 is 1.55 bits per heavy atom. The van der Waals surface area contributed by atoms with Crippen molar-refractivity contribution in [1.82, 2.24) is 9.55 Å². The molecule has 1 saturated heterocycles. The van der Waals surface area contributed by atoms with Crippen LogP contribution in [-0.2, 0) is 14.2 Å². The lowest BCUT2D eigenvalue weighted by Crippen LogP contribution is -2.47. The number of nitrogens with zero attached hydrogens (tertiary/aromatic N) is 4. The molecular formula is C25H22IN5O9. The average Bonchev–Trinajstić information content (AvgIpc) is 3.25. The van der Waals surface area contributed by atoms with Gasteiger partial charge in [0.2, 0.25) is 0 Å². The molecule has 3 aromatic rings. The molecule has 0 saturated carbocycles. The number of esters is 2. The van der Waals surface area contributed by atoms with Crippen LogP contribution in [0.25, 0.3) is 10.4 Å². The fourth-order valence-corrected chi connectivity index (χ4v) is 4.76. The molecule has 15 heteroatoms. The highest BCUT2D eigenvalue weighted by Gasteiger charge is 2.60. The summed E-state index contributed by atoms with van der Waals surface area (Å²) in [4.78, 5) is 55.8. The zero-order valence-corrected chi connectivity index (χ0v) is 23.2. The minimum absolute atomic E-state index is 0.0689. The number of aromatic amines is 1. The highest BCUT2D eigenvalue weighted by molar-refractivity contribution is 14.1. The number of methoxy groups -OCH3 is 2. The quantitative estimate of drug-likeness (QED) is 0.0898. The van der Waals surface area contributed by atoms with Crippen LogP contribution in [0.15, 0.2) is 75.5 Å². The van der Waals surface area contributed by atoms with Crippen molar-refractivity contribution in [1.29, 1.82) is 0 Å². The maximum absolute atomic E-state index is 13.2. The first kappa shape index (κ1) is 28.7. The minimum Gasteiger partial charge on any atom is -0.497 e. The number of rotatable bonds is 9. The van der Waals surface area contributed by atoms with Crippen molar-refractivity contribution in [3.63, 3.8) is 0 Å². The Kier molecular flexibility index (Phi) is 8.77. The second-order valence-electron chi connectivity index (χ2n) is 8.35. The Hall–Kier alpha value is -4.34. The lowest BCUT2D eigenvalue weighted by molar-refractivity contribution is -0.0887. The standard InChI is InChI=1S/C25H22IN5O9/c1-36-16-7-3-14(4-8-16)22(33)38-19-20(39-23(34)15-5-9-17(37-2)10-6-15)25(13-26,29-30-27)40-21(19)31-12-11-18(32)28-24(31)35/h3-12,19-21H,13H2,1-2H3,(H,28,32,35)/t19?,20?,21-,25-/m0/s1. The van der Waals surface area contributed by atoms with Crippen molar-refractivity contribution in [2.45, 2.75) is 24.2 Å². The Labute approximate surface area is 239 Å². The van der Waals surface area contributed by atoms with Gasteiger partial charge in [-0.2, -0.15) is 0 Å². The van der Waals surface area contributed by atoms with Crippen LogP contribution in [0.1, 0.15) is 26.9 Å². The molecule has 0 amide bonds. The molecule has 0 radical (unpaired) electrons. The third kappa shape index (κ3) is 5.80. The first-order chi connectivity index (χ1) is 19.2. The predicted molar refractivity (Wildman–Crippen MR) is 147 cm³/mol. The maximum atomic E-state index is 13.2. The van der Waals surface area contributed by atoms with Crippen molar-refractivity contribution < 1.29 is 33.3 Å².